The minimum absolute atomic E-state index is 0.0215. The summed E-state index contributed by atoms with van der Waals surface area (Å²) in [5.74, 6) is -0.979. The molecule has 1 aromatic heterocycles. The van der Waals surface area contributed by atoms with E-state index >= 15 is 0 Å². The first kappa shape index (κ1) is 13.6. The van der Waals surface area contributed by atoms with Gasteiger partial charge in [-0.2, -0.15) is 5.10 Å². The standard InChI is InChI=1S/C15H10ClF2N3/c16-11-6-5-9(7-13(11)18)21-8-14(19)15(20-21)10-3-1-2-4-12(10)17/h1-8H,19H2. The van der Waals surface area contributed by atoms with E-state index < -0.39 is 11.6 Å². The van der Waals surface area contributed by atoms with Crippen molar-refractivity contribution in [2.24, 2.45) is 0 Å². The van der Waals surface area contributed by atoms with Crippen molar-refractivity contribution in [3.05, 3.63) is 65.3 Å². The highest BCUT2D eigenvalue weighted by molar-refractivity contribution is 6.30. The van der Waals surface area contributed by atoms with E-state index in [1.165, 1.54) is 29.1 Å². The molecule has 106 valence electrons. The van der Waals surface area contributed by atoms with Gasteiger partial charge in [0, 0.05) is 11.6 Å². The number of aromatic nitrogens is 2. The van der Waals surface area contributed by atoms with Crippen LogP contribution in [0.2, 0.25) is 5.02 Å². The van der Waals surface area contributed by atoms with Gasteiger partial charge in [-0.3, -0.25) is 0 Å². The molecule has 1 heterocycles. The van der Waals surface area contributed by atoms with Crippen molar-refractivity contribution in [3.63, 3.8) is 0 Å². The fourth-order valence-corrected chi connectivity index (χ4v) is 2.13. The Hall–Kier alpha value is -2.40. The highest BCUT2D eigenvalue weighted by Crippen LogP contribution is 2.28. The predicted octanol–water partition coefficient (Wildman–Crippen LogP) is 4.05. The number of hydrogen-bond acceptors (Lipinski definition) is 2. The molecule has 0 spiro atoms. The molecule has 0 saturated heterocycles. The molecular formula is C15H10ClF2N3. The number of benzene rings is 2. The molecule has 3 nitrogen and oxygen atoms in total. The SMILES string of the molecule is Nc1cn(-c2ccc(Cl)c(F)c2)nc1-c1ccccc1F. The quantitative estimate of drug-likeness (QED) is 0.776. The second-order valence-electron chi connectivity index (χ2n) is 4.46. The van der Waals surface area contributed by atoms with Crippen molar-refractivity contribution < 1.29 is 8.78 Å². The Morgan fingerprint density at radius 3 is 2.52 bits per heavy atom. The van der Waals surface area contributed by atoms with Crippen LogP contribution in [0.3, 0.4) is 0 Å². The molecule has 0 aliphatic carbocycles. The van der Waals surface area contributed by atoms with Crippen LogP contribution in [0.4, 0.5) is 14.5 Å². The van der Waals surface area contributed by atoms with E-state index in [0.29, 0.717) is 22.6 Å². The summed E-state index contributed by atoms with van der Waals surface area (Å²) in [6.45, 7) is 0. The molecule has 0 aliphatic rings. The van der Waals surface area contributed by atoms with Crippen LogP contribution in [-0.4, -0.2) is 9.78 Å². The maximum Gasteiger partial charge on any atom is 0.143 e. The molecule has 21 heavy (non-hydrogen) atoms. The Morgan fingerprint density at radius 2 is 1.81 bits per heavy atom. The molecule has 0 unspecified atom stereocenters. The van der Waals surface area contributed by atoms with Crippen LogP contribution >= 0.6 is 11.6 Å². The number of halogens is 3. The van der Waals surface area contributed by atoms with Crippen molar-refractivity contribution in [2.45, 2.75) is 0 Å². The van der Waals surface area contributed by atoms with Gasteiger partial charge in [-0.25, -0.2) is 13.5 Å². The Bertz CT molecular complexity index is 814. The minimum Gasteiger partial charge on any atom is -0.396 e. The van der Waals surface area contributed by atoms with Gasteiger partial charge in [-0.15, -0.1) is 0 Å². The van der Waals surface area contributed by atoms with E-state index in [-0.39, 0.29) is 5.02 Å². The van der Waals surface area contributed by atoms with E-state index in [1.807, 2.05) is 0 Å². The number of nitrogen functional groups attached to an aromatic ring is 1. The van der Waals surface area contributed by atoms with Crippen molar-refractivity contribution >= 4 is 17.3 Å². The highest BCUT2D eigenvalue weighted by Gasteiger charge is 2.13. The molecule has 6 heteroatoms. The molecule has 2 aromatic carbocycles. The number of rotatable bonds is 2. The van der Waals surface area contributed by atoms with Crippen LogP contribution in [0.5, 0.6) is 0 Å². The lowest BCUT2D eigenvalue weighted by atomic mass is 10.1. The summed E-state index contributed by atoms with van der Waals surface area (Å²) in [5.41, 5.74) is 7.23. The lowest BCUT2D eigenvalue weighted by Gasteiger charge is -2.02. The van der Waals surface area contributed by atoms with E-state index in [0.717, 1.165) is 0 Å². The van der Waals surface area contributed by atoms with Gasteiger partial charge in [0.05, 0.1) is 22.6 Å². The topological polar surface area (TPSA) is 43.8 Å². The predicted molar refractivity (Wildman–Crippen MR) is 78.3 cm³/mol. The number of nitrogens with zero attached hydrogens (tertiary/aromatic N) is 2. The van der Waals surface area contributed by atoms with Gasteiger partial charge in [-0.05, 0) is 24.3 Å². The molecule has 0 aliphatic heterocycles. The van der Waals surface area contributed by atoms with Gasteiger partial charge in [0.25, 0.3) is 0 Å². The van der Waals surface area contributed by atoms with Crippen molar-refractivity contribution in [1.29, 1.82) is 0 Å². The van der Waals surface area contributed by atoms with Crippen molar-refractivity contribution in [1.82, 2.24) is 9.78 Å². The summed E-state index contributed by atoms with van der Waals surface area (Å²) in [7, 11) is 0. The minimum atomic E-state index is -0.560. The molecule has 2 N–H and O–H groups in total. The summed E-state index contributed by atoms with van der Waals surface area (Å²) in [5, 5.41) is 4.25. The zero-order valence-corrected chi connectivity index (χ0v) is 11.5. The molecule has 3 aromatic rings. The molecule has 0 atom stereocenters. The zero-order chi connectivity index (χ0) is 15.0. The third-order valence-corrected chi connectivity index (χ3v) is 3.35. The second kappa shape index (κ2) is 5.18. The molecule has 0 saturated carbocycles. The fraction of sp³-hybridized carbons (Fsp3) is 0. The smallest absolute Gasteiger partial charge is 0.143 e. The lowest BCUT2D eigenvalue weighted by Crippen LogP contribution is -1.96. The monoisotopic (exact) mass is 305 g/mol. The van der Waals surface area contributed by atoms with Crippen molar-refractivity contribution in [2.75, 3.05) is 5.73 Å². The van der Waals surface area contributed by atoms with Gasteiger partial charge in [0.15, 0.2) is 0 Å². The van der Waals surface area contributed by atoms with E-state index in [1.54, 1.807) is 24.3 Å². The summed E-state index contributed by atoms with van der Waals surface area (Å²) in [4.78, 5) is 0. The Morgan fingerprint density at radius 1 is 1.05 bits per heavy atom. The molecule has 0 amide bonds. The van der Waals surface area contributed by atoms with Gasteiger partial charge in [-0.1, -0.05) is 23.7 Å². The van der Waals surface area contributed by atoms with Gasteiger partial charge in [0.2, 0.25) is 0 Å². The Labute approximate surface area is 124 Å². The van der Waals surface area contributed by atoms with Crippen molar-refractivity contribution in [3.8, 4) is 16.9 Å². The summed E-state index contributed by atoms with van der Waals surface area (Å²) in [6, 6.07) is 10.5. The van der Waals surface area contributed by atoms with Gasteiger partial charge < -0.3 is 5.73 Å². The maximum atomic E-state index is 13.8. The molecule has 3 rings (SSSR count). The van der Waals surface area contributed by atoms with Crippen LogP contribution in [0.25, 0.3) is 16.9 Å². The molecule has 0 fully saturated rings. The van der Waals surface area contributed by atoms with Gasteiger partial charge in [0.1, 0.15) is 17.3 Å². The summed E-state index contributed by atoms with van der Waals surface area (Å²) < 4.78 is 28.7. The molecule has 0 bridgehead atoms. The average Bonchev–Trinajstić information content (AvgIpc) is 2.84. The lowest BCUT2D eigenvalue weighted by molar-refractivity contribution is 0.625. The second-order valence-corrected chi connectivity index (χ2v) is 4.86. The van der Waals surface area contributed by atoms with Crippen LogP contribution in [-0.2, 0) is 0 Å². The first-order valence-corrected chi connectivity index (χ1v) is 6.49. The van der Waals surface area contributed by atoms with Gasteiger partial charge >= 0.3 is 0 Å². The number of hydrogen-bond donors (Lipinski definition) is 1. The third-order valence-electron chi connectivity index (χ3n) is 3.04. The summed E-state index contributed by atoms with van der Waals surface area (Å²) in [6.07, 6.45) is 1.50. The van der Waals surface area contributed by atoms with E-state index in [2.05, 4.69) is 5.10 Å². The Balaban J connectivity index is 2.09. The zero-order valence-electron chi connectivity index (χ0n) is 10.7. The third kappa shape index (κ3) is 2.48. The average molecular weight is 306 g/mol. The molecular weight excluding hydrogens is 296 g/mol. The molecule has 0 radical (unpaired) electrons. The normalized spacial score (nSPS) is 10.8. The van der Waals surface area contributed by atoms with E-state index in [9.17, 15) is 8.78 Å². The summed E-state index contributed by atoms with van der Waals surface area (Å²) >= 11 is 5.64. The van der Waals surface area contributed by atoms with Crippen LogP contribution < -0.4 is 5.73 Å². The van der Waals surface area contributed by atoms with Crippen LogP contribution in [0.1, 0.15) is 0 Å². The van der Waals surface area contributed by atoms with E-state index in [4.69, 9.17) is 17.3 Å². The van der Waals surface area contributed by atoms with Crippen LogP contribution in [0, 0.1) is 11.6 Å². The first-order valence-electron chi connectivity index (χ1n) is 6.12. The Kier molecular flexibility index (Phi) is 3.35. The highest BCUT2D eigenvalue weighted by atomic mass is 35.5. The largest absolute Gasteiger partial charge is 0.396 e. The first-order chi connectivity index (χ1) is 10.1. The fourth-order valence-electron chi connectivity index (χ4n) is 2.01. The van der Waals surface area contributed by atoms with Crippen LogP contribution in [0.15, 0.2) is 48.7 Å². The number of nitrogens with two attached hydrogens (primary N) is 1. The maximum absolute atomic E-state index is 13.8. The number of anilines is 1.